The van der Waals surface area contributed by atoms with Crippen LogP contribution in [0.4, 0.5) is 23.2 Å². The van der Waals surface area contributed by atoms with Gasteiger partial charge in [-0.3, -0.25) is 0 Å². The van der Waals surface area contributed by atoms with Crippen molar-refractivity contribution in [2.75, 3.05) is 18.6 Å². The number of aliphatic imine (C=N–C) groups is 2. The highest BCUT2D eigenvalue weighted by Crippen LogP contribution is 2.21. The predicted octanol–water partition coefficient (Wildman–Crippen LogP) is 2.84. The molecule has 0 saturated carbocycles. The number of anilines is 1. The molecular formula is C20H18F4N8O2. The highest BCUT2D eigenvalue weighted by molar-refractivity contribution is 6.02. The van der Waals surface area contributed by atoms with Crippen LogP contribution in [-0.2, 0) is 0 Å². The molecule has 3 aromatic rings. The number of alkyl halides is 3. The van der Waals surface area contributed by atoms with Crippen LogP contribution < -0.4 is 21.1 Å². The Bertz CT molecular complexity index is 1200. The number of amidine groups is 1. The Morgan fingerprint density at radius 3 is 2.47 bits per heavy atom. The summed E-state index contributed by atoms with van der Waals surface area (Å²) in [5.41, 5.74) is 12.6. The molecule has 3 rings (SSSR count). The SMILES string of the molecule is C=C(/N=C(N)\N=C(/N)c1noc(-c2ccc(OCC(F)(F)F)nc2)n1)N(C)c1ccc(F)cc1. The minimum absolute atomic E-state index is 0.0148. The van der Waals surface area contributed by atoms with E-state index in [1.807, 2.05) is 0 Å². The van der Waals surface area contributed by atoms with E-state index in [-0.39, 0.29) is 41.0 Å². The fraction of sp³-hybridized carbons (Fsp3) is 0.150. The van der Waals surface area contributed by atoms with Crippen molar-refractivity contribution in [3.8, 4) is 17.3 Å². The van der Waals surface area contributed by atoms with Crippen molar-refractivity contribution < 1.29 is 26.8 Å². The number of nitrogens with zero attached hydrogens (tertiary/aromatic N) is 6. The van der Waals surface area contributed by atoms with E-state index in [0.717, 1.165) is 0 Å². The van der Waals surface area contributed by atoms with Crippen molar-refractivity contribution in [1.29, 1.82) is 0 Å². The van der Waals surface area contributed by atoms with Gasteiger partial charge in [-0.2, -0.15) is 28.1 Å². The minimum atomic E-state index is -4.48. The standard InChI is InChI=1S/C20H18F4N8O2/c1-11(32(2)14-6-4-13(21)5-7-14)28-19(26)29-16(25)17-30-18(34-31-17)12-3-8-15(27-9-12)33-10-20(22,23)24/h3-9H,1,10H2,2H3,(H4,25,26,28,29). The summed E-state index contributed by atoms with van der Waals surface area (Å²) in [6, 6.07) is 8.25. The van der Waals surface area contributed by atoms with Crippen LogP contribution in [0.5, 0.6) is 5.88 Å². The van der Waals surface area contributed by atoms with E-state index < -0.39 is 12.8 Å². The Balaban J connectivity index is 1.67. The third-order valence-electron chi connectivity index (χ3n) is 4.10. The van der Waals surface area contributed by atoms with Gasteiger partial charge in [0.15, 0.2) is 12.4 Å². The Morgan fingerprint density at radius 2 is 1.85 bits per heavy atom. The first-order chi connectivity index (χ1) is 16.0. The highest BCUT2D eigenvalue weighted by atomic mass is 19.4. The molecule has 0 spiro atoms. The van der Waals surface area contributed by atoms with Crippen molar-refractivity contribution in [2.24, 2.45) is 21.5 Å². The van der Waals surface area contributed by atoms with Gasteiger partial charge in [-0.05, 0) is 30.3 Å². The number of nitrogens with two attached hydrogens (primary N) is 2. The number of aromatic nitrogens is 3. The lowest BCUT2D eigenvalue weighted by molar-refractivity contribution is -0.154. The van der Waals surface area contributed by atoms with E-state index >= 15 is 0 Å². The molecule has 0 radical (unpaired) electrons. The highest BCUT2D eigenvalue weighted by Gasteiger charge is 2.28. The molecule has 0 fully saturated rings. The summed E-state index contributed by atoms with van der Waals surface area (Å²) in [4.78, 5) is 17.3. The molecule has 34 heavy (non-hydrogen) atoms. The average molecular weight is 478 g/mol. The minimum Gasteiger partial charge on any atom is -0.468 e. The molecule has 0 unspecified atom stereocenters. The zero-order valence-electron chi connectivity index (χ0n) is 17.6. The maximum Gasteiger partial charge on any atom is 0.422 e. The van der Waals surface area contributed by atoms with Gasteiger partial charge >= 0.3 is 6.18 Å². The first-order valence-electron chi connectivity index (χ1n) is 9.38. The fourth-order valence-corrected chi connectivity index (χ4v) is 2.41. The van der Waals surface area contributed by atoms with Crippen LogP contribution in [-0.4, -0.2) is 46.8 Å². The molecule has 14 heteroatoms. The normalized spacial score (nSPS) is 12.5. The molecule has 10 nitrogen and oxygen atoms in total. The maximum absolute atomic E-state index is 13.1. The molecule has 2 heterocycles. The van der Waals surface area contributed by atoms with Gasteiger partial charge in [0, 0.05) is 25.0 Å². The molecule has 178 valence electrons. The summed E-state index contributed by atoms with van der Waals surface area (Å²) < 4.78 is 59.3. The summed E-state index contributed by atoms with van der Waals surface area (Å²) >= 11 is 0. The van der Waals surface area contributed by atoms with E-state index in [0.29, 0.717) is 11.3 Å². The molecule has 0 aliphatic carbocycles. The molecule has 4 N–H and O–H groups in total. The Hall–Kier alpha value is -4.49. The third kappa shape index (κ3) is 6.51. The van der Waals surface area contributed by atoms with Crippen LogP contribution in [0.2, 0.25) is 0 Å². The zero-order valence-corrected chi connectivity index (χ0v) is 17.6. The van der Waals surface area contributed by atoms with Crippen LogP contribution in [0.1, 0.15) is 5.82 Å². The number of hydrogen-bond donors (Lipinski definition) is 2. The first kappa shape index (κ1) is 24.2. The van der Waals surface area contributed by atoms with E-state index in [9.17, 15) is 17.6 Å². The van der Waals surface area contributed by atoms with Gasteiger partial charge in [0.2, 0.25) is 17.7 Å². The van der Waals surface area contributed by atoms with Gasteiger partial charge in [-0.25, -0.2) is 9.37 Å². The number of ether oxygens (including phenoxy) is 1. The summed E-state index contributed by atoms with van der Waals surface area (Å²) in [7, 11) is 1.65. The molecule has 0 aliphatic heterocycles. The molecule has 0 amide bonds. The number of halogens is 4. The number of pyridine rings is 1. The van der Waals surface area contributed by atoms with Crippen molar-refractivity contribution in [3.63, 3.8) is 0 Å². The van der Waals surface area contributed by atoms with E-state index in [2.05, 4.69) is 36.4 Å². The second kappa shape index (κ2) is 9.97. The van der Waals surface area contributed by atoms with Crippen LogP contribution in [0, 0.1) is 5.82 Å². The Kier molecular flexibility index (Phi) is 7.09. The maximum atomic E-state index is 13.1. The van der Waals surface area contributed by atoms with Crippen LogP contribution >= 0.6 is 0 Å². The van der Waals surface area contributed by atoms with Gasteiger partial charge < -0.3 is 25.6 Å². The van der Waals surface area contributed by atoms with E-state index in [4.69, 9.17) is 16.0 Å². The summed E-state index contributed by atoms with van der Waals surface area (Å²) in [6.07, 6.45) is -3.28. The van der Waals surface area contributed by atoms with Gasteiger partial charge in [0.25, 0.3) is 5.89 Å². The smallest absolute Gasteiger partial charge is 0.422 e. The Labute approximate surface area is 190 Å². The van der Waals surface area contributed by atoms with Crippen molar-refractivity contribution in [2.45, 2.75) is 6.18 Å². The van der Waals surface area contributed by atoms with Gasteiger partial charge in [-0.15, -0.1) is 0 Å². The lowest BCUT2D eigenvalue weighted by Gasteiger charge is -2.18. The van der Waals surface area contributed by atoms with Crippen molar-refractivity contribution in [1.82, 2.24) is 15.1 Å². The third-order valence-corrected chi connectivity index (χ3v) is 4.10. The van der Waals surface area contributed by atoms with E-state index in [1.165, 1.54) is 42.6 Å². The Morgan fingerprint density at radius 1 is 1.15 bits per heavy atom. The average Bonchev–Trinajstić information content (AvgIpc) is 3.28. The topological polar surface area (TPSA) is 141 Å². The number of benzene rings is 1. The van der Waals surface area contributed by atoms with Gasteiger partial charge in [0.05, 0.1) is 5.56 Å². The van der Waals surface area contributed by atoms with Crippen molar-refractivity contribution in [3.05, 3.63) is 66.6 Å². The lowest BCUT2D eigenvalue weighted by Crippen LogP contribution is -2.22. The molecular weight excluding hydrogens is 460 g/mol. The number of rotatable bonds is 7. The summed E-state index contributed by atoms with van der Waals surface area (Å²) in [5.74, 6) is -1.00. The fourth-order valence-electron chi connectivity index (χ4n) is 2.41. The largest absolute Gasteiger partial charge is 0.468 e. The molecule has 0 atom stereocenters. The van der Waals surface area contributed by atoms with E-state index in [1.54, 1.807) is 11.9 Å². The lowest BCUT2D eigenvalue weighted by atomic mass is 10.3. The molecule has 2 aromatic heterocycles. The van der Waals surface area contributed by atoms with Crippen LogP contribution in [0.15, 0.2) is 69.5 Å². The predicted molar refractivity (Wildman–Crippen MR) is 115 cm³/mol. The second-order valence-corrected chi connectivity index (χ2v) is 6.63. The molecule has 0 bridgehead atoms. The molecule has 0 saturated heterocycles. The summed E-state index contributed by atoms with van der Waals surface area (Å²) in [5, 5.41) is 3.68. The zero-order chi connectivity index (χ0) is 24.9. The second-order valence-electron chi connectivity index (χ2n) is 6.63. The van der Waals surface area contributed by atoms with Crippen molar-refractivity contribution >= 4 is 17.5 Å². The van der Waals surface area contributed by atoms with Gasteiger partial charge in [0.1, 0.15) is 11.6 Å². The van der Waals surface area contributed by atoms with Crippen LogP contribution in [0.3, 0.4) is 0 Å². The first-order valence-corrected chi connectivity index (χ1v) is 9.38. The number of guanidine groups is 1. The monoisotopic (exact) mass is 478 g/mol. The van der Waals surface area contributed by atoms with Crippen LogP contribution in [0.25, 0.3) is 11.5 Å². The van der Waals surface area contributed by atoms with Gasteiger partial charge in [-0.1, -0.05) is 11.7 Å². The summed E-state index contributed by atoms with van der Waals surface area (Å²) in [6.45, 7) is 2.31. The molecule has 1 aromatic carbocycles. The molecule has 0 aliphatic rings. The quantitative estimate of drug-likeness (QED) is 0.300. The number of hydrogen-bond acceptors (Lipinski definition) is 7.